The van der Waals surface area contributed by atoms with E-state index >= 15 is 0 Å². The minimum absolute atomic E-state index is 0.0512. The molecule has 1 saturated heterocycles. The number of nitrogens with zero attached hydrogens (tertiary/aromatic N) is 1. The van der Waals surface area contributed by atoms with Crippen molar-refractivity contribution in [1.82, 2.24) is 4.90 Å². The van der Waals surface area contributed by atoms with E-state index in [1.54, 1.807) is 0 Å². The number of methoxy groups -OCH3 is 2. The molecule has 3 heteroatoms. The van der Waals surface area contributed by atoms with Crippen LogP contribution < -0.4 is 0 Å². The van der Waals surface area contributed by atoms with E-state index in [0.29, 0.717) is 12.1 Å². The first-order chi connectivity index (χ1) is 10.8. The summed E-state index contributed by atoms with van der Waals surface area (Å²) in [6, 6.07) is 11.0. The molecule has 0 spiro atoms. The summed E-state index contributed by atoms with van der Waals surface area (Å²) in [5, 5.41) is 0. The average molecular weight is 301 g/mol. The van der Waals surface area contributed by atoms with Gasteiger partial charge in [0.25, 0.3) is 0 Å². The Hall–Kier alpha value is -1.16. The Morgan fingerprint density at radius 2 is 2.05 bits per heavy atom. The first-order valence-corrected chi connectivity index (χ1v) is 8.31. The number of likely N-dealkylation sites (tertiary alicyclic amines) is 1. The Kier molecular flexibility index (Phi) is 4.97. The van der Waals surface area contributed by atoms with Crippen molar-refractivity contribution >= 4 is 6.08 Å². The molecule has 0 amide bonds. The van der Waals surface area contributed by atoms with Gasteiger partial charge in [-0.15, -0.1) is 0 Å². The van der Waals surface area contributed by atoms with Crippen molar-refractivity contribution in [3.63, 3.8) is 0 Å². The van der Waals surface area contributed by atoms with Crippen LogP contribution in [0.3, 0.4) is 0 Å². The minimum atomic E-state index is 0.0512. The summed E-state index contributed by atoms with van der Waals surface area (Å²) in [7, 11) is 3.71. The zero-order chi connectivity index (χ0) is 15.4. The zero-order valence-electron chi connectivity index (χ0n) is 13.7. The van der Waals surface area contributed by atoms with Crippen LogP contribution in [0.1, 0.15) is 31.2 Å². The van der Waals surface area contributed by atoms with Gasteiger partial charge in [0.15, 0.2) is 0 Å². The normalized spacial score (nSPS) is 32.5. The Morgan fingerprint density at radius 1 is 1.23 bits per heavy atom. The summed E-state index contributed by atoms with van der Waals surface area (Å²) >= 11 is 0. The van der Waals surface area contributed by atoms with Gasteiger partial charge in [0.05, 0.1) is 11.7 Å². The lowest BCUT2D eigenvalue weighted by Gasteiger charge is -2.43. The van der Waals surface area contributed by atoms with Gasteiger partial charge < -0.3 is 9.47 Å². The van der Waals surface area contributed by atoms with Crippen LogP contribution in [0.25, 0.3) is 6.08 Å². The summed E-state index contributed by atoms with van der Waals surface area (Å²) in [4.78, 5) is 2.56. The van der Waals surface area contributed by atoms with Gasteiger partial charge in [0.2, 0.25) is 0 Å². The topological polar surface area (TPSA) is 21.7 Å². The summed E-state index contributed by atoms with van der Waals surface area (Å²) in [6.07, 6.45) is 9.33. The van der Waals surface area contributed by atoms with Crippen LogP contribution >= 0.6 is 0 Å². The summed E-state index contributed by atoms with van der Waals surface area (Å²) in [5.41, 5.74) is 1.31. The molecule has 2 fully saturated rings. The first-order valence-electron chi connectivity index (χ1n) is 8.31. The molecule has 0 radical (unpaired) electrons. The lowest BCUT2D eigenvalue weighted by atomic mass is 9.79. The smallest absolute Gasteiger partial charge is 0.0847 e. The standard InChI is InChI=1S/C19H27NO2/c1-21-17-10-11-19(22-2)12-14-20(18(19)15-17)13-6-9-16-7-4-3-5-8-16/h3-9,17-18H,10-15H2,1-2H3/b9-6+/t17-,18-,19+/m0/s1. The second kappa shape index (κ2) is 6.95. The van der Waals surface area contributed by atoms with Crippen LogP contribution in [-0.2, 0) is 9.47 Å². The molecular weight excluding hydrogens is 274 g/mol. The Bertz CT molecular complexity index is 501. The third kappa shape index (κ3) is 3.12. The summed E-state index contributed by atoms with van der Waals surface area (Å²) in [6.45, 7) is 2.11. The fourth-order valence-corrected chi connectivity index (χ4v) is 4.08. The van der Waals surface area contributed by atoms with Gasteiger partial charge in [-0.25, -0.2) is 0 Å². The van der Waals surface area contributed by atoms with Crippen LogP contribution in [0.15, 0.2) is 36.4 Å². The average Bonchev–Trinajstić information content (AvgIpc) is 2.94. The molecule has 1 heterocycles. The molecule has 3 nitrogen and oxygen atoms in total. The molecule has 0 N–H and O–H groups in total. The number of benzene rings is 1. The van der Waals surface area contributed by atoms with Crippen molar-refractivity contribution in [1.29, 1.82) is 0 Å². The molecule has 120 valence electrons. The third-order valence-electron chi connectivity index (χ3n) is 5.44. The molecule has 1 aliphatic heterocycles. The number of hydrogen-bond acceptors (Lipinski definition) is 3. The molecule has 0 aromatic heterocycles. The van der Waals surface area contributed by atoms with E-state index in [2.05, 4.69) is 47.4 Å². The van der Waals surface area contributed by atoms with E-state index in [9.17, 15) is 0 Å². The largest absolute Gasteiger partial charge is 0.381 e. The van der Waals surface area contributed by atoms with Gasteiger partial charge in [-0.2, -0.15) is 0 Å². The summed E-state index contributed by atoms with van der Waals surface area (Å²) in [5.74, 6) is 0. The molecule has 1 aliphatic carbocycles. The Morgan fingerprint density at radius 3 is 2.77 bits per heavy atom. The first kappa shape index (κ1) is 15.7. The Balaban J connectivity index is 1.65. The highest BCUT2D eigenvalue weighted by molar-refractivity contribution is 5.48. The number of rotatable bonds is 5. The van der Waals surface area contributed by atoms with Crippen LogP contribution in [0.4, 0.5) is 0 Å². The van der Waals surface area contributed by atoms with E-state index < -0.39 is 0 Å². The van der Waals surface area contributed by atoms with Gasteiger partial charge in [0.1, 0.15) is 0 Å². The predicted octanol–water partition coefficient (Wildman–Crippen LogP) is 3.36. The molecule has 0 bridgehead atoms. The van der Waals surface area contributed by atoms with Crippen LogP contribution in [0.5, 0.6) is 0 Å². The van der Waals surface area contributed by atoms with E-state index in [1.165, 1.54) is 5.56 Å². The number of hydrogen-bond donors (Lipinski definition) is 0. The second-order valence-corrected chi connectivity index (χ2v) is 6.47. The molecule has 3 atom stereocenters. The molecule has 2 aliphatic rings. The fraction of sp³-hybridized carbons (Fsp3) is 0.579. The third-order valence-corrected chi connectivity index (χ3v) is 5.44. The summed E-state index contributed by atoms with van der Waals surface area (Å²) < 4.78 is 11.6. The van der Waals surface area contributed by atoms with Crippen molar-refractivity contribution in [2.75, 3.05) is 27.3 Å². The monoisotopic (exact) mass is 301 g/mol. The van der Waals surface area contributed by atoms with Crippen molar-refractivity contribution < 1.29 is 9.47 Å². The van der Waals surface area contributed by atoms with E-state index in [1.807, 2.05) is 14.2 Å². The van der Waals surface area contributed by atoms with Crippen molar-refractivity contribution in [3.05, 3.63) is 42.0 Å². The number of fused-ring (bicyclic) bond motifs is 1. The maximum absolute atomic E-state index is 5.97. The van der Waals surface area contributed by atoms with Crippen molar-refractivity contribution in [3.8, 4) is 0 Å². The van der Waals surface area contributed by atoms with Gasteiger partial charge >= 0.3 is 0 Å². The molecule has 0 unspecified atom stereocenters. The zero-order valence-corrected chi connectivity index (χ0v) is 13.7. The highest BCUT2D eigenvalue weighted by atomic mass is 16.5. The maximum Gasteiger partial charge on any atom is 0.0847 e. The second-order valence-electron chi connectivity index (χ2n) is 6.47. The quantitative estimate of drug-likeness (QED) is 0.832. The van der Waals surface area contributed by atoms with Gasteiger partial charge in [-0.1, -0.05) is 42.5 Å². The predicted molar refractivity (Wildman–Crippen MR) is 89.8 cm³/mol. The van der Waals surface area contributed by atoms with Crippen molar-refractivity contribution in [2.24, 2.45) is 0 Å². The van der Waals surface area contributed by atoms with E-state index in [-0.39, 0.29) is 5.60 Å². The van der Waals surface area contributed by atoms with E-state index in [0.717, 1.165) is 38.8 Å². The molecule has 1 aromatic carbocycles. The van der Waals surface area contributed by atoms with Gasteiger partial charge in [0, 0.05) is 33.4 Å². The van der Waals surface area contributed by atoms with Crippen molar-refractivity contribution in [2.45, 2.75) is 43.4 Å². The molecule has 3 rings (SSSR count). The lowest BCUT2D eigenvalue weighted by molar-refractivity contribution is -0.0924. The molecular formula is C19H27NO2. The molecule has 22 heavy (non-hydrogen) atoms. The van der Waals surface area contributed by atoms with Crippen LogP contribution in [0.2, 0.25) is 0 Å². The lowest BCUT2D eigenvalue weighted by Crippen LogP contribution is -2.51. The SMILES string of the molecule is CO[C@H]1CC[C@@]2(OC)CCN(C/C=C/c3ccccc3)[C@H]2C1. The molecule has 1 aromatic rings. The highest BCUT2D eigenvalue weighted by Gasteiger charge is 2.50. The number of ether oxygens (including phenoxy) is 2. The minimum Gasteiger partial charge on any atom is -0.381 e. The van der Waals surface area contributed by atoms with E-state index in [4.69, 9.17) is 9.47 Å². The van der Waals surface area contributed by atoms with Crippen LogP contribution in [0, 0.1) is 0 Å². The molecule has 1 saturated carbocycles. The van der Waals surface area contributed by atoms with Gasteiger partial charge in [-0.05, 0) is 31.2 Å². The fourth-order valence-electron chi connectivity index (χ4n) is 4.08. The van der Waals surface area contributed by atoms with Crippen LogP contribution in [-0.4, -0.2) is 50.0 Å². The van der Waals surface area contributed by atoms with Gasteiger partial charge in [-0.3, -0.25) is 4.90 Å². The maximum atomic E-state index is 5.97. The highest BCUT2D eigenvalue weighted by Crippen LogP contribution is 2.42. The Labute approximate surface area is 133 Å².